The Hall–Kier alpha value is -1.07. The van der Waals surface area contributed by atoms with Crippen LogP contribution in [0.2, 0.25) is 5.02 Å². The largest absolute Gasteiger partial charge is 0.369 e. The fourth-order valence-electron chi connectivity index (χ4n) is 1.98. The smallest absolute Gasteiger partial charge is 0.201 e. The zero-order valence-corrected chi connectivity index (χ0v) is 11.3. The van der Waals surface area contributed by atoms with Crippen molar-refractivity contribution in [3.05, 3.63) is 23.2 Å². The molecule has 1 aromatic heterocycles. The number of fused-ring (bicyclic) bond motifs is 1. The Kier molecular flexibility index (Phi) is 3.40. The number of rotatable bonds is 3. The van der Waals surface area contributed by atoms with Gasteiger partial charge in [0.25, 0.3) is 0 Å². The summed E-state index contributed by atoms with van der Waals surface area (Å²) < 4.78 is 13.1. The maximum atomic E-state index is 11.3. The van der Waals surface area contributed by atoms with Gasteiger partial charge in [0.2, 0.25) is 5.95 Å². The minimum atomic E-state index is -0.885. The Morgan fingerprint density at radius 2 is 2.29 bits per heavy atom. The van der Waals surface area contributed by atoms with E-state index in [4.69, 9.17) is 17.3 Å². The molecule has 0 aliphatic heterocycles. The maximum absolute atomic E-state index is 11.3. The summed E-state index contributed by atoms with van der Waals surface area (Å²) in [7, 11) is -0.885. The average Bonchev–Trinajstić information content (AvgIpc) is 2.54. The topological polar surface area (TPSA) is 60.9 Å². The van der Waals surface area contributed by atoms with Crippen LogP contribution < -0.4 is 5.73 Å². The number of hydrogen-bond acceptors (Lipinski definition) is 3. The standard InChI is InChI=1S/C11H14ClN3OS/c1-7(6-17(2)16)15-10-8(12)4-3-5-9(10)14-11(15)13/h3-5,7H,6H2,1-2H3,(H2,13,14). The van der Waals surface area contributed by atoms with E-state index in [9.17, 15) is 4.21 Å². The summed E-state index contributed by atoms with van der Waals surface area (Å²) in [6.45, 7) is 1.96. The second-order valence-electron chi connectivity index (χ2n) is 4.04. The predicted octanol–water partition coefficient (Wildman–Crippen LogP) is 2.21. The van der Waals surface area contributed by atoms with Crippen LogP contribution in [0.1, 0.15) is 13.0 Å². The number of halogens is 1. The van der Waals surface area contributed by atoms with Crippen LogP contribution in [0.5, 0.6) is 0 Å². The Bertz CT molecular complexity index is 581. The summed E-state index contributed by atoms with van der Waals surface area (Å²) in [6, 6.07) is 5.51. The van der Waals surface area contributed by atoms with Crippen molar-refractivity contribution in [2.24, 2.45) is 0 Å². The molecule has 1 heterocycles. The highest BCUT2D eigenvalue weighted by Crippen LogP contribution is 2.28. The third kappa shape index (κ3) is 2.30. The molecule has 92 valence electrons. The molecule has 1 aromatic carbocycles. The van der Waals surface area contributed by atoms with Crippen LogP contribution in [-0.4, -0.2) is 25.8 Å². The van der Waals surface area contributed by atoms with Gasteiger partial charge < -0.3 is 10.3 Å². The number of para-hydroxylation sites is 1. The fraction of sp³-hybridized carbons (Fsp3) is 0.364. The summed E-state index contributed by atoms with van der Waals surface area (Å²) in [6.07, 6.45) is 1.67. The van der Waals surface area contributed by atoms with Crippen molar-refractivity contribution in [1.82, 2.24) is 9.55 Å². The summed E-state index contributed by atoms with van der Waals surface area (Å²) in [4.78, 5) is 4.26. The average molecular weight is 272 g/mol. The first-order valence-corrected chi connectivity index (χ1v) is 7.33. The minimum Gasteiger partial charge on any atom is -0.369 e. The van der Waals surface area contributed by atoms with E-state index in [1.54, 1.807) is 12.3 Å². The SMILES string of the molecule is CC(CS(C)=O)n1c(N)nc2cccc(Cl)c21. The van der Waals surface area contributed by atoms with Crippen LogP contribution in [0.15, 0.2) is 18.2 Å². The molecule has 0 amide bonds. The molecule has 0 spiro atoms. The first kappa shape index (κ1) is 12.4. The van der Waals surface area contributed by atoms with E-state index < -0.39 is 10.8 Å². The summed E-state index contributed by atoms with van der Waals surface area (Å²) in [5.74, 6) is 0.937. The maximum Gasteiger partial charge on any atom is 0.201 e. The van der Waals surface area contributed by atoms with Gasteiger partial charge in [0.15, 0.2) is 0 Å². The molecule has 0 radical (unpaired) electrons. The lowest BCUT2D eigenvalue weighted by atomic mass is 10.3. The second-order valence-corrected chi connectivity index (χ2v) is 5.92. The molecule has 2 rings (SSSR count). The van der Waals surface area contributed by atoms with E-state index >= 15 is 0 Å². The fourth-order valence-corrected chi connectivity index (χ4v) is 3.07. The molecule has 4 nitrogen and oxygen atoms in total. The molecule has 0 aliphatic carbocycles. The molecule has 0 saturated carbocycles. The number of nitrogens with zero attached hydrogens (tertiary/aromatic N) is 2. The van der Waals surface area contributed by atoms with Gasteiger partial charge >= 0.3 is 0 Å². The van der Waals surface area contributed by atoms with Gasteiger partial charge in [-0.15, -0.1) is 0 Å². The summed E-state index contributed by atoms with van der Waals surface area (Å²) in [5, 5.41) is 0.612. The Morgan fingerprint density at radius 3 is 2.94 bits per heavy atom. The van der Waals surface area contributed by atoms with Crippen molar-refractivity contribution in [3.8, 4) is 0 Å². The molecular formula is C11H14ClN3OS. The molecule has 17 heavy (non-hydrogen) atoms. The Balaban J connectivity index is 2.59. The third-order valence-electron chi connectivity index (χ3n) is 2.60. The highest BCUT2D eigenvalue weighted by Gasteiger charge is 2.16. The van der Waals surface area contributed by atoms with Crippen LogP contribution in [-0.2, 0) is 10.8 Å². The molecule has 2 aromatic rings. The molecule has 2 N–H and O–H groups in total. The van der Waals surface area contributed by atoms with Crippen molar-refractivity contribution < 1.29 is 4.21 Å². The van der Waals surface area contributed by atoms with Crippen molar-refractivity contribution in [1.29, 1.82) is 0 Å². The van der Waals surface area contributed by atoms with Gasteiger partial charge in [0, 0.05) is 28.9 Å². The van der Waals surface area contributed by atoms with Crippen molar-refractivity contribution in [2.75, 3.05) is 17.7 Å². The van der Waals surface area contributed by atoms with E-state index in [1.165, 1.54) is 0 Å². The number of imidazole rings is 1. The van der Waals surface area contributed by atoms with Crippen LogP contribution in [0, 0.1) is 0 Å². The summed E-state index contributed by atoms with van der Waals surface area (Å²) in [5.41, 5.74) is 7.47. The molecular weight excluding hydrogens is 258 g/mol. The van der Waals surface area contributed by atoms with Gasteiger partial charge in [-0.3, -0.25) is 4.21 Å². The van der Waals surface area contributed by atoms with E-state index in [0.29, 0.717) is 16.7 Å². The van der Waals surface area contributed by atoms with Crippen LogP contribution in [0.4, 0.5) is 5.95 Å². The quantitative estimate of drug-likeness (QED) is 0.931. The molecule has 0 bridgehead atoms. The number of benzene rings is 1. The van der Waals surface area contributed by atoms with Gasteiger partial charge in [-0.25, -0.2) is 4.98 Å². The van der Waals surface area contributed by atoms with E-state index in [1.807, 2.05) is 23.6 Å². The lowest BCUT2D eigenvalue weighted by Crippen LogP contribution is -2.15. The number of nitrogens with two attached hydrogens (primary N) is 1. The number of aromatic nitrogens is 2. The molecule has 0 fully saturated rings. The van der Waals surface area contributed by atoms with Crippen molar-refractivity contribution >= 4 is 39.4 Å². The van der Waals surface area contributed by atoms with E-state index in [0.717, 1.165) is 11.0 Å². The molecule has 2 atom stereocenters. The number of anilines is 1. The number of nitrogen functional groups attached to an aromatic ring is 1. The predicted molar refractivity (Wildman–Crippen MR) is 72.8 cm³/mol. The lowest BCUT2D eigenvalue weighted by Gasteiger charge is -2.15. The highest BCUT2D eigenvalue weighted by atomic mass is 35.5. The van der Waals surface area contributed by atoms with E-state index in [2.05, 4.69) is 4.98 Å². The Morgan fingerprint density at radius 1 is 1.59 bits per heavy atom. The molecule has 6 heteroatoms. The monoisotopic (exact) mass is 271 g/mol. The number of hydrogen-bond donors (Lipinski definition) is 1. The van der Waals surface area contributed by atoms with Crippen LogP contribution >= 0.6 is 11.6 Å². The Labute approximate surface area is 107 Å². The van der Waals surface area contributed by atoms with Gasteiger partial charge in [-0.1, -0.05) is 17.7 Å². The first-order valence-electron chi connectivity index (χ1n) is 5.22. The molecule has 0 saturated heterocycles. The molecule has 0 aliphatic rings. The zero-order valence-electron chi connectivity index (χ0n) is 9.68. The van der Waals surface area contributed by atoms with Gasteiger partial charge in [-0.2, -0.15) is 0 Å². The van der Waals surface area contributed by atoms with Gasteiger partial charge in [0.05, 0.1) is 16.1 Å². The lowest BCUT2D eigenvalue weighted by molar-refractivity contribution is 0.619. The normalized spacial score (nSPS) is 15.0. The first-order chi connectivity index (χ1) is 8.00. The molecule has 2 unspecified atom stereocenters. The summed E-state index contributed by atoms with van der Waals surface area (Å²) >= 11 is 6.16. The highest BCUT2D eigenvalue weighted by molar-refractivity contribution is 7.84. The van der Waals surface area contributed by atoms with Gasteiger partial charge in [-0.05, 0) is 19.1 Å². The van der Waals surface area contributed by atoms with Crippen molar-refractivity contribution in [3.63, 3.8) is 0 Å². The third-order valence-corrected chi connectivity index (χ3v) is 3.86. The van der Waals surface area contributed by atoms with Crippen molar-refractivity contribution in [2.45, 2.75) is 13.0 Å². The van der Waals surface area contributed by atoms with E-state index in [-0.39, 0.29) is 6.04 Å². The minimum absolute atomic E-state index is 0.00531. The zero-order chi connectivity index (χ0) is 12.6. The second kappa shape index (κ2) is 4.66. The van der Waals surface area contributed by atoms with Crippen LogP contribution in [0.3, 0.4) is 0 Å². The van der Waals surface area contributed by atoms with Gasteiger partial charge in [0.1, 0.15) is 0 Å². The van der Waals surface area contributed by atoms with Crippen LogP contribution in [0.25, 0.3) is 11.0 Å².